The number of hydrogen-bond acceptors (Lipinski definition) is 5. The normalized spacial score (nSPS) is 12.4. The van der Waals surface area contributed by atoms with Gasteiger partial charge in [0.1, 0.15) is 0 Å². The molecule has 0 aliphatic carbocycles. The summed E-state index contributed by atoms with van der Waals surface area (Å²) in [6.07, 6.45) is 6.84. The Morgan fingerprint density at radius 3 is 1.73 bits per heavy atom. The summed E-state index contributed by atoms with van der Waals surface area (Å²) in [4.78, 5) is 21.0. The molecule has 0 heterocycles. The molecule has 0 saturated heterocycles. The SMILES string of the molecule is CC(C)(CCCCCCCCNCC(C)(C)[N+](=O)[O-])[N+](=O)[O-]. The van der Waals surface area contributed by atoms with Gasteiger partial charge in [-0.15, -0.1) is 0 Å². The zero-order valence-corrected chi connectivity index (χ0v) is 14.4. The third kappa shape index (κ3) is 8.92. The summed E-state index contributed by atoms with van der Waals surface area (Å²) in [7, 11) is 0. The molecule has 0 spiro atoms. The molecule has 0 amide bonds. The van der Waals surface area contributed by atoms with Crippen LogP contribution in [0, 0.1) is 20.2 Å². The van der Waals surface area contributed by atoms with Gasteiger partial charge in [-0.25, -0.2) is 0 Å². The highest BCUT2D eigenvalue weighted by atomic mass is 16.6. The monoisotopic (exact) mass is 317 g/mol. The lowest BCUT2D eigenvalue weighted by atomic mass is 9.97. The molecule has 130 valence electrons. The first-order valence-corrected chi connectivity index (χ1v) is 8.09. The highest BCUT2D eigenvalue weighted by Crippen LogP contribution is 2.18. The van der Waals surface area contributed by atoms with Gasteiger partial charge < -0.3 is 5.32 Å². The molecule has 7 heteroatoms. The molecule has 0 unspecified atom stereocenters. The molecule has 0 aromatic heterocycles. The van der Waals surface area contributed by atoms with Crippen molar-refractivity contribution < 1.29 is 9.85 Å². The Kier molecular flexibility index (Phi) is 9.16. The van der Waals surface area contributed by atoms with Gasteiger partial charge in [0.05, 0.1) is 6.54 Å². The van der Waals surface area contributed by atoms with Crippen molar-refractivity contribution in [1.29, 1.82) is 0 Å². The minimum atomic E-state index is -0.913. The van der Waals surface area contributed by atoms with E-state index in [1.165, 1.54) is 0 Å². The molecule has 0 aliphatic heterocycles. The molecule has 0 radical (unpaired) electrons. The van der Waals surface area contributed by atoms with Crippen LogP contribution in [-0.2, 0) is 0 Å². The minimum absolute atomic E-state index is 0.203. The molecule has 22 heavy (non-hydrogen) atoms. The van der Waals surface area contributed by atoms with Crippen LogP contribution >= 0.6 is 0 Å². The molecular weight excluding hydrogens is 286 g/mol. The number of hydrogen-bond donors (Lipinski definition) is 1. The zero-order valence-electron chi connectivity index (χ0n) is 14.4. The van der Waals surface area contributed by atoms with Gasteiger partial charge >= 0.3 is 0 Å². The first-order valence-electron chi connectivity index (χ1n) is 8.09. The van der Waals surface area contributed by atoms with Crippen LogP contribution in [0.3, 0.4) is 0 Å². The Bertz CT molecular complexity index is 323. The lowest BCUT2D eigenvalue weighted by Crippen LogP contribution is -2.42. The van der Waals surface area contributed by atoms with Gasteiger partial charge in [-0.2, -0.15) is 0 Å². The molecule has 0 aromatic rings. The number of nitrogens with one attached hydrogen (secondary N) is 1. The Hall–Kier alpha value is -1.24. The second-order valence-corrected chi connectivity index (χ2v) is 7.19. The Labute approximate surface area is 133 Å². The first-order chi connectivity index (χ1) is 10.1. The summed E-state index contributed by atoms with van der Waals surface area (Å²) in [5.41, 5.74) is -1.72. The molecule has 0 atom stereocenters. The van der Waals surface area contributed by atoms with Crippen LogP contribution in [0.2, 0.25) is 0 Å². The molecular formula is C15H31N3O4. The molecule has 0 rings (SSSR count). The summed E-state index contributed by atoms with van der Waals surface area (Å²) < 4.78 is 0. The maximum atomic E-state index is 10.8. The lowest BCUT2D eigenvalue weighted by molar-refractivity contribution is -0.561. The van der Waals surface area contributed by atoms with Gasteiger partial charge in [0.15, 0.2) is 0 Å². The smallest absolute Gasteiger partial charge is 0.228 e. The fourth-order valence-electron chi connectivity index (χ4n) is 2.06. The molecule has 1 N–H and O–H groups in total. The standard InChI is InChI=1S/C15H31N3O4/c1-14(2,17(19)20)11-9-7-5-6-8-10-12-16-13-15(3,4)18(21)22/h16H,5-13H2,1-4H3. The number of nitro groups is 2. The van der Waals surface area contributed by atoms with Gasteiger partial charge in [-0.1, -0.05) is 25.7 Å². The second-order valence-electron chi connectivity index (χ2n) is 7.19. The van der Waals surface area contributed by atoms with Gasteiger partial charge in [0, 0.05) is 44.0 Å². The highest BCUT2D eigenvalue weighted by Gasteiger charge is 2.30. The van der Waals surface area contributed by atoms with Crippen molar-refractivity contribution in [3.05, 3.63) is 20.2 Å². The summed E-state index contributed by atoms with van der Waals surface area (Å²) in [6.45, 7) is 7.76. The topological polar surface area (TPSA) is 98.3 Å². The van der Waals surface area contributed by atoms with Crippen LogP contribution in [0.5, 0.6) is 0 Å². The summed E-state index contributed by atoms with van der Waals surface area (Å²) in [6, 6.07) is 0. The van der Waals surface area contributed by atoms with Crippen molar-refractivity contribution in [3.8, 4) is 0 Å². The minimum Gasteiger partial charge on any atom is -0.310 e. The fourth-order valence-corrected chi connectivity index (χ4v) is 2.06. The van der Waals surface area contributed by atoms with Crippen LogP contribution in [0.25, 0.3) is 0 Å². The van der Waals surface area contributed by atoms with E-state index in [-0.39, 0.29) is 9.85 Å². The Morgan fingerprint density at radius 2 is 1.23 bits per heavy atom. The van der Waals surface area contributed by atoms with Gasteiger partial charge in [0.25, 0.3) is 0 Å². The third-order valence-electron chi connectivity index (χ3n) is 3.94. The van der Waals surface area contributed by atoms with Gasteiger partial charge in [-0.3, -0.25) is 20.2 Å². The summed E-state index contributed by atoms with van der Waals surface area (Å²) >= 11 is 0. The van der Waals surface area contributed by atoms with E-state index in [9.17, 15) is 20.2 Å². The van der Waals surface area contributed by atoms with Crippen LogP contribution in [0.15, 0.2) is 0 Å². The van der Waals surface area contributed by atoms with E-state index in [4.69, 9.17) is 0 Å². The molecule has 7 nitrogen and oxygen atoms in total. The second kappa shape index (κ2) is 9.71. The van der Waals surface area contributed by atoms with Crippen molar-refractivity contribution in [2.45, 2.75) is 83.7 Å². The zero-order chi connectivity index (χ0) is 17.2. The number of nitrogens with zero attached hydrogens (tertiary/aromatic N) is 2. The summed E-state index contributed by atoms with van der Waals surface area (Å²) in [5, 5.41) is 24.6. The molecule has 0 saturated carbocycles. The van der Waals surface area contributed by atoms with Crippen LogP contribution in [-0.4, -0.2) is 34.0 Å². The maximum Gasteiger partial charge on any atom is 0.228 e. The van der Waals surface area contributed by atoms with Crippen molar-refractivity contribution in [2.24, 2.45) is 0 Å². The highest BCUT2D eigenvalue weighted by molar-refractivity contribution is 4.70. The quantitative estimate of drug-likeness (QED) is 0.319. The largest absolute Gasteiger partial charge is 0.310 e. The maximum absolute atomic E-state index is 10.8. The molecule has 0 aromatic carbocycles. The van der Waals surface area contributed by atoms with Gasteiger partial charge in [0.2, 0.25) is 11.1 Å². The number of rotatable bonds is 13. The van der Waals surface area contributed by atoms with Crippen LogP contribution < -0.4 is 5.32 Å². The van der Waals surface area contributed by atoms with Crippen molar-refractivity contribution in [1.82, 2.24) is 5.32 Å². The first kappa shape index (κ1) is 20.8. The van der Waals surface area contributed by atoms with Crippen molar-refractivity contribution in [3.63, 3.8) is 0 Å². The average Bonchev–Trinajstić information content (AvgIpc) is 2.40. The Morgan fingerprint density at radius 1 is 0.773 bits per heavy atom. The fraction of sp³-hybridized carbons (Fsp3) is 1.00. The van der Waals surface area contributed by atoms with E-state index in [2.05, 4.69) is 5.32 Å². The van der Waals surface area contributed by atoms with E-state index in [0.717, 1.165) is 45.1 Å². The van der Waals surface area contributed by atoms with E-state index in [1.54, 1.807) is 27.7 Å². The van der Waals surface area contributed by atoms with E-state index < -0.39 is 11.1 Å². The van der Waals surface area contributed by atoms with Gasteiger partial charge in [-0.05, 0) is 19.4 Å². The molecule has 0 fully saturated rings. The lowest BCUT2D eigenvalue weighted by Gasteiger charge is -2.16. The van der Waals surface area contributed by atoms with Crippen molar-refractivity contribution in [2.75, 3.05) is 13.1 Å². The van der Waals surface area contributed by atoms with E-state index >= 15 is 0 Å². The van der Waals surface area contributed by atoms with Crippen LogP contribution in [0.4, 0.5) is 0 Å². The van der Waals surface area contributed by atoms with E-state index in [1.807, 2.05) is 0 Å². The third-order valence-corrected chi connectivity index (χ3v) is 3.94. The number of unbranched alkanes of at least 4 members (excludes halogenated alkanes) is 5. The van der Waals surface area contributed by atoms with Crippen molar-refractivity contribution >= 4 is 0 Å². The Balaban J connectivity index is 3.45. The van der Waals surface area contributed by atoms with E-state index in [0.29, 0.717) is 13.0 Å². The predicted octanol–water partition coefficient (Wildman–Crippen LogP) is 3.42. The van der Waals surface area contributed by atoms with Crippen LogP contribution in [0.1, 0.15) is 72.6 Å². The summed E-state index contributed by atoms with van der Waals surface area (Å²) in [5.74, 6) is 0. The average molecular weight is 317 g/mol. The molecule has 0 bridgehead atoms. The molecule has 0 aliphatic rings. The predicted molar refractivity (Wildman–Crippen MR) is 87.3 cm³/mol.